The van der Waals surface area contributed by atoms with E-state index in [1.165, 1.54) is 0 Å². The van der Waals surface area contributed by atoms with Crippen molar-refractivity contribution < 1.29 is 13.2 Å². The van der Waals surface area contributed by atoms with Crippen molar-refractivity contribution in [3.05, 3.63) is 54.2 Å². The minimum atomic E-state index is -4.45. The van der Waals surface area contributed by atoms with E-state index >= 15 is 0 Å². The summed E-state index contributed by atoms with van der Waals surface area (Å²) in [6.45, 7) is 0. The number of anilines is 2. The molecule has 0 saturated heterocycles. The fraction of sp³-hybridized carbons (Fsp3) is 0.211. The minimum Gasteiger partial charge on any atom is -0.363 e. The van der Waals surface area contributed by atoms with E-state index < -0.39 is 11.7 Å². The van der Waals surface area contributed by atoms with E-state index in [-0.39, 0.29) is 11.5 Å². The summed E-state index contributed by atoms with van der Waals surface area (Å²) in [4.78, 5) is 14.4. The fourth-order valence-corrected chi connectivity index (χ4v) is 2.53. The Morgan fingerprint density at radius 3 is 2.26 bits per heavy atom. The largest absolute Gasteiger partial charge is 0.416 e. The number of rotatable bonds is 4. The van der Waals surface area contributed by atoms with E-state index in [1.807, 2.05) is 6.07 Å². The summed E-state index contributed by atoms with van der Waals surface area (Å²) >= 11 is 0. The zero-order valence-electron chi connectivity index (χ0n) is 15.0. The molecule has 27 heavy (non-hydrogen) atoms. The Morgan fingerprint density at radius 1 is 0.926 bits per heavy atom. The van der Waals surface area contributed by atoms with Gasteiger partial charge >= 0.3 is 6.18 Å². The molecule has 0 saturated carbocycles. The molecule has 2 heterocycles. The lowest BCUT2D eigenvalue weighted by Gasteiger charge is -2.16. The molecule has 1 N–H and O–H groups in total. The first-order chi connectivity index (χ1) is 12.8. The molecular weight excluding hydrogens is 355 g/mol. The number of hydrogen-bond acceptors (Lipinski definition) is 5. The molecule has 0 atom stereocenters. The number of alkyl halides is 3. The Kier molecular flexibility index (Phi) is 4.98. The maximum atomic E-state index is 13.3. The molecule has 1 aromatic carbocycles. The van der Waals surface area contributed by atoms with Crippen molar-refractivity contribution in [2.75, 3.05) is 31.4 Å². The second-order valence-electron chi connectivity index (χ2n) is 6.09. The Morgan fingerprint density at radius 2 is 1.63 bits per heavy atom. The predicted octanol–water partition coefficient (Wildman–Crippen LogP) is 4.33. The van der Waals surface area contributed by atoms with Gasteiger partial charge in [-0.15, -0.1) is 0 Å². The number of halogens is 3. The van der Waals surface area contributed by atoms with Crippen LogP contribution in [0.3, 0.4) is 0 Å². The van der Waals surface area contributed by atoms with Crippen LogP contribution in [0, 0.1) is 0 Å². The van der Waals surface area contributed by atoms with Crippen molar-refractivity contribution in [3.63, 3.8) is 0 Å². The van der Waals surface area contributed by atoms with Crippen LogP contribution < -0.4 is 10.2 Å². The number of benzene rings is 1. The molecule has 0 radical (unpaired) electrons. The molecule has 3 aromatic rings. The van der Waals surface area contributed by atoms with E-state index in [0.717, 1.165) is 17.7 Å². The summed E-state index contributed by atoms with van der Waals surface area (Å²) < 4.78 is 39.9. The van der Waals surface area contributed by atoms with Crippen molar-refractivity contribution in [2.45, 2.75) is 6.18 Å². The van der Waals surface area contributed by atoms with Crippen molar-refractivity contribution in [2.24, 2.45) is 0 Å². The van der Waals surface area contributed by atoms with Crippen LogP contribution in [0.5, 0.6) is 0 Å². The van der Waals surface area contributed by atoms with Gasteiger partial charge < -0.3 is 10.2 Å². The smallest absolute Gasteiger partial charge is 0.363 e. The zero-order chi connectivity index (χ0) is 19.6. The van der Waals surface area contributed by atoms with Crippen molar-refractivity contribution >= 4 is 11.8 Å². The Labute approximate surface area is 154 Å². The molecule has 0 amide bonds. The van der Waals surface area contributed by atoms with Gasteiger partial charge in [-0.2, -0.15) is 13.2 Å². The van der Waals surface area contributed by atoms with Crippen LogP contribution in [0.25, 0.3) is 22.5 Å². The third-order valence-electron chi connectivity index (χ3n) is 3.93. The van der Waals surface area contributed by atoms with Crippen molar-refractivity contribution in [1.82, 2.24) is 15.0 Å². The van der Waals surface area contributed by atoms with Gasteiger partial charge in [0.05, 0.1) is 17.0 Å². The van der Waals surface area contributed by atoms with E-state index in [1.54, 1.807) is 56.5 Å². The third kappa shape index (κ3) is 4.16. The van der Waals surface area contributed by atoms with E-state index in [2.05, 4.69) is 20.3 Å². The highest BCUT2D eigenvalue weighted by Gasteiger charge is 2.32. The molecular formula is C19H18F3N5. The first-order valence-corrected chi connectivity index (χ1v) is 8.16. The van der Waals surface area contributed by atoms with Crippen LogP contribution in [0.15, 0.2) is 48.7 Å². The molecule has 0 spiro atoms. The molecule has 0 unspecified atom stereocenters. The van der Waals surface area contributed by atoms with Gasteiger partial charge in [0.25, 0.3) is 0 Å². The number of hydrogen-bond donors (Lipinski definition) is 1. The third-order valence-corrected chi connectivity index (χ3v) is 3.93. The summed E-state index contributed by atoms with van der Waals surface area (Å²) in [7, 11) is 5.02. The molecule has 0 fully saturated rings. The van der Waals surface area contributed by atoms with Crippen LogP contribution in [-0.2, 0) is 6.18 Å². The summed E-state index contributed by atoms with van der Waals surface area (Å²) in [6, 6.07) is 10.9. The summed E-state index contributed by atoms with van der Waals surface area (Å²) in [5, 5.41) is 2.86. The first-order valence-electron chi connectivity index (χ1n) is 8.16. The number of pyridine rings is 1. The SMILES string of the molecule is CNc1nccc(-c2cccc(-c3cc(C(F)(F)F)cc(N(C)C)n3)c2)n1. The van der Waals surface area contributed by atoms with Gasteiger partial charge in [0.15, 0.2) is 0 Å². The summed E-state index contributed by atoms with van der Waals surface area (Å²) in [5.74, 6) is 0.703. The second kappa shape index (κ2) is 7.22. The lowest BCUT2D eigenvalue weighted by atomic mass is 10.0. The van der Waals surface area contributed by atoms with Gasteiger partial charge in [-0.1, -0.05) is 18.2 Å². The number of aromatic nitrogens is 3. The average Bonchev–Trinajstić information content (AvgIpc) is 2.67. The average molecular weight is 373 g/mol. The quantitative estimate of drug-likeness (QED) is 0.738. The van der Waals surface area contributed by atoms with Gasteiger partial charge in [-0.05, 0) is 24.3 Å². The van der Waals surface area contributed by atoms with Crippen LogP contribution >= 0.6 is 0 Å². The molecule has 0 bridgehead atoms. The van der Waals surface area contributed by atoms with Crippen LogP contribution in [0.4, 0.5) is 24.9 Å². The lowest BCUT2D eigenvalue weighted by molar-refractivity contribution is -0.137. The standard InChI is InChI=1S/C19H18F3N5/c1-23-18-24-8-7-15(26-18)12-5-4-6-13(9-12)16-10-14(19(20,21)22)11-17(25-16)27(2)3/h4-11H,1-3H3,(H,23,24,26). The summed E-state index contributed by atoms with van der Waals surface area (Å²) in [5.41, 5.74) is 1.51. The summed E-state index contributed by atoms with van der Waals surface area (Å²) in [6.07, 6.45) is -2.83. The monoisotopic (exact) mass is 373 g/mol. The zero-order valence-corrected chi connectivity index (χ0v) is 15.0. The lowest BCUT2D eigenvalue weighted by Crippen LogP contribution is -2.14. The topological polar surface area (TPSA) is 53.9 Å². The molecule has 2 aromatic heterocycles. The number of nitrogens with zero attached hydrogens (tertiary/aromatic N) is 4. The van der Waals surface area contributed by atoms with E-state index in [0.29, 0.717) is 17.2 Å². The maximum Gasteiger partial charge on any atom is 0.416 e. The highest BCUT2D eigenvalue weighted by atomic mass is 19.4. The van der Waals surface area contributed by atoms with Gasteiger partial charge in [-0.3, -0.25) is 0 Å². The molecule has 0 aliphatic rings. The number of nitrogens with one attached hydrogen (secondary N) is 1. The molecule has 0 aliphatic carbocycles. The normalized spacial score (nSPS) is 11.3. The molecule has 5 nitrogen and oxygen atoms in total. The van der Waals surface area contributed by atoms with E-state index in [4.69, 9.17) is 0 Å². The molecule has 3 rings (SSSR count). The maximum absolute atomic E-state index is 13.3. The van der Waals surface area contributed by atoms with Gasteiger partial charge in [0.2, 0.25) is 5.95 Å². The minimum absolute atomic E-state index is 0.240. The van der Waals surface area contributed by atoms with Gasteiger partial charge in [0.1, 0.15) is 5.82 Å². The Bertz CT molecular complexity index is 954. The fourth-order valence-electron chi connectivity index (χ4n) is 2.53. The second-order valence-corrected chi connectivity index (χ2v) is 6.09. The predicted molar refractivity (Wildman–Crippen MR) is 99.6 cm³/mol. The van der Waals surface area contributed by atoms with E-state index in [9.17, 15) is 13.2 Å². The first kappa shape index (κ1) is 18.6. The van der Waals surface area contributed by atoms with Gasteiger partial charge in [0, 0.05) is 38.5 Å². The molecule has 8 heteroatoms. The Balaban J connectivity index is 2.10. The Hall–Kier alpha value is -3.16. The van der Waals surface area contributed by atoms with Crippen molar-refractivity contribution in [3.8, 4) is 22.5 Å². The highest BCUT2D eigenvalue weighted by Crippen LogP contribution is 2.34. The highest BCUT2D eigenvalue weighted by molar-refractivity contribution is 5.71. The van der Waals surface area contributed by atoms with Crippen molar-refractivity contribution in [1.29, 1.82) is 0 Å². The molecule has 0 aliphatic heterocycles. The van der Waals surface area contributed by atoms with Crippen LogP contribution in [0.2, 0.25) is 0 Å². The van der Waals surface area contributed by atoms with Crippen LogP contribution in [0.1, 0.15) is 5.56 Å². The van der Waals surface area contributed by atoms with Crippen LogP contribution in [-0.4, -0.2) is 36.1 Å². The molecule has 140 valence electrons. The van der Waals surface area contributed by atoms with Gasteiger partial charge in [-0.25, -0.2) is 15.0 Å².